The zero-order valence-electron chi connectivity index (χ0n) is 9.68. The predicted octanol–water partition coefficient (Wildman–Crippen LogP) is 0.904. The Morgan fingerprint density at radius 3 is 2.29 bits per heavy atom. The normalized spacial score (nSPS) is 10.8. The van der Waals surface area contributed by atoms with Gasteiger partial charge in [-0.1, -0.05) is 18.2 Å². The minimum absolute atomic E-state index is 0.163. The summed E-state index contributed by atoms with van der Waals surface area (Å²) in [7, 11) is 3.36. The molecule has 1 aromatic rings. The number of hydrogen-bond acceptors (Lipinski definition) is 3. The molecular formula is C12H14N2O3. The van der Waals surface area contributed by atoms with E-state index in [1.54, 1.807) is 49.3 Å². The molecule has 0 aliphatic carbocycles. The van der Waals surface area contributed by atoms with Crippen LogP contribution in [0, 0.1) is 0 Å². The first-order chi connectivity index (χ1) is 8.00. The average Bonchev–Trinajstić information content (AvgIpc) is 2.28. The van der Waals surface area contributed by atoms with Crippen molar-refractivity contribution in [3.63, 3.8) is 0 Å². The Bertz CT molecular complexity index is 438. The fourth-order valence-corrected chi connectivity index (χ4v) is 1.18. The van der Waals surface area contributed by atoms with E-state index in [4.69, 9.17) is 5.11 Å². The number of aliphatic carboxylic acids is 1. The van der Waals surface area contributed by atoms with E-state index in [1.165, 1.54) is 6.20 Å². The summed E-state index contributed by atoms with van der Waals surface area (Å²) in [5.41, 5.74) is 0.252. The summed E-state index contributed by atoms with van der Waals surface area (Å²) in [6.07, 6.45) is 1.34. The maximum Gasteiger partial charge on any atom is 0.353 e. The predicted molar refractivity (Wildman–Crippen MR) is 63.3 cm³/mol. The lowest BCUT2D eigenvalue weighted by atomic mass is 10.2. The molecular weight excluding hydrogens is 220 g/mol. The second-order valence-corrected chi connectivity index (χ2v) is 3.63. The van der Waals surface area contributed by atoms with Crippen LogP contribution in [0.3, 0.4) is 0 Å². The van der Waals surface area contributed by atoms with E-state index in [1.807, 2.05) is 0 Å². The molecule has 0 aliphatic heterocycles. The molecule has 1 aromatic carbocycles. The molecule has 0 spiro atoms. The summed E-state index contributed by atoms with van der Waals surface area (Å²) in [6.45, 7) is 0. The van der Waals surface area contributed by atoms with Crippen molar-refractivity contribution in [2.45, 2.75) is 0 Å². The van der Waals surface area contributed by atoms with Crippen molar-refractivity contribution in [1.29, 1.82) is 0 Å². The Balaban J connectivity index is 2.83. The maximum atomic E-state index is 11.7. The Labute approximate surface area is 99.4 Å². The van der Waals surface area contributed by atoms with E-state index in [0.717, 1.165) is 0 Å². The minimum atomic E-state index is -1.18. The second kappa shape index (κ2) is 5.69. The van der Waals surface area contributed by atoms with Gasteiger partial charge in [0.1, 0.15) is 5.70 Å². The first-order valence-corrected chi connectivity index (χ1v) is 4.98. The summed E-state index contributed by atoms with van der Waals surface area (Å²) in [4.78, 5) is 24.1. The molecule has 0 aliphatic rings. The van der Waals surface area contributed by atoms with E-state index in [-0.39, 0.29) is 5.70 Å². The zero-order chi connectivity index (χ0) is 12.8. The molecule has 90 valence electrons. The number of carboxylic acids is 1. The Morgan fingerprint density at radius 1 is 1.24 bits per heavy atom. The van der Waals surface area contributed by atoms with Gasteiger partial charge in [0.25, 0.3) is 5.91 Å². The van der Waals surface area contributed by atoms with Crippen LogP contribution in [0.5, 0.6) is 0 Å². The third kappa shape index (κ3) is 3.98. The van der Waals surface area contributed by atoms with Crippen molar-refractivity contribution in [1.82, 2.24) is 10.2 Å². The molecule has 5 nitrogen and oxygen atoms in total. The summed E-state index contributed by atoms with van der Waals surface area (Å²) in [6, 6.07) is 8.44. The fraction of sp³-hybridized carbons (Fsp3) is 0.167. The largest absolute Gasteiger partial charge is 0.477 e. The van der Waals surface area contributed by atoms with E-state index in [0.29, 0.717) is 5.56 Å². The zero-order valence-corrected chi connectivity index (χ0v) is 9.68. The number of rotatable bonds is 4. The van der Waals surface area contributed by atoms with Gasteiger partial charge in [0.15, 0.2) is 0 Å². The first-order valence-electron chi connectivity index (χ1n) is 4.98. The van der Waals surface area contributed by atoms with Crippen molar-refractivity contribution in [3.8, 4) is 0 Å². The molecule has 1 rings (SSSR count). The number of benzene rings is 1. The van der Waals surface area contributed by atoms with Crippen molar-refractivity contribution < 1.29 is 14.7 Å². The van der Waals surface area contributed by atoms with Gasteiger partial charge in [-0.05, 0) is 12.1 Å². The molecule has 5 heteroatoms. The number of carbonyl (C=O) groups is 2. The molecule has 0 radical (unpaired) electrons. The van der Waals surface area contributed by atoms with Gasteiger partial charge in [-0.2, -0.15) is 0 Å². The van der Waals surface area contributed by atoms with Gasteiger partial charge in [0, 0.05) is 25.9 Å². The van der Waals surface area contributed by atoms with Crippen molar-refractivity contribution >= 4 is 11.9 Å². The molecule has 0 atom stereocenters. The van der Waals surface area contributed by atoms with Gasteiger partial charge in [-0.25, -0.2) is 4.79 Å². The van der Waals surface area contributed by atoms with Gasteiger partial charge in [-0.3, -0.25) is 4.79 Å². The van der Waals surface area contributed by atoms with Crippen LogP contribution < -0.4 is 5.32 Å². The second-order valence-electron chi connectivity index (χ2n) is 3.63. The van der Waals surface area contributed by atoms with Crippen LogP contribution in [-0.2, 0) is 4.79 Å². The molecule has 0 fully saturated rings. The monoisotopic (exact) mass is 234 g/mol. The molecule has 2 N–H and O–H groups in total. The molecule has 0 unspecified atom stereocenters. The number of amides is 1. The highest BCUT2D eigenvalue weighted by Gasteiger charge is 2.12. The van der Waals surface area contributed by atoms with Crippen LogP contribution in [0.25, 0.3) is 0 Å². The van der Waals surface area contributed by atoms with Crippen molar-refractivity contribution in [3.05, 3.63) is 47.8 Å². The van der Waals surface area contributed by atoms with Crippen LogP contribution in [0.15, 0.2) is 42.2 Å². The fourth-order valence-electron chi connectivity index (χ4n) is 1.18. The van der Waals surface area contributed by atoms with Crippen molar-refractivity contribution in [2.24, 2.45) is 0 Å². The highest BCUT2D eigenvalue weighted by molar-refractivity contribution is 6.00. The topological polar surface area (TPSA) is 69.6 Å². The average molecular weight is 234 g/mol. The summed E-state index contributed by atoms with van der Waals surface area (Å²) >= 11 is 0. The van der Waals surface area contributed by atoms with Crippen molar-refractivity contribution in [2.75, 3.05) is 14.1 Å². The van der Waals surface area contributed by atoms with Gasteiger partial charge in [0.2, 0.25) is 0 Å². The minimum Gasteiger partial charge on any atom is -0.477 e. The smallest absolute Gasteiger partial charge is 0.353 e. The maximum absolute atomic E-state index is 11.7. The van der Waals surface area contributed by atoms with Gasteiger partial charge in [-0.15, -0.1) is 0 Å². The summed E-state index contributed by atoms with van der Waals surface area (Å²) < 4.78 is 0. The van der Waals surface area contributed by atoms with Gasteiger partial charge >= 0.3 is 5.97 Å². The highest BCUT2D eigenvalue weighted by atomic mass is 16.4. The lowest BCUT2D eigenvalue weighted by Crippen LogP contribution is -2.28. The van der Waals surface area contributed by atoms with Crippen LogP contribution in [-0.4, -0.2) is 36.0 Å². The molecule has 0 bridgehead atoms. The summed E-state index contributed by atoms with van der Waals surface area (Å²) in [5, 5.41) is 11.3. The third-order valence-corrected chi connectivity index (χ3v) is 1.90. The summed E-state index contributed by atoms with van der Waals surface area (Å²) in [5.74, 6) is -1.62. The lowest BCUT2D eigenvalue weighted by Gasteiger charge is -2.10. The third-order valence-electron chi connectivity index (χ3n) is 1.90. The van der Waals surface area contributed by atoms with Gasteiger partial charge in [0.05, 0.1) is 0 Å². The standard InChI is InChI=1S/C12H14N2O3/c1-14(2)8-10(12(16)17)13-11(15)9-6-4-3-5-7-9/h3-8H,1-2H3,(H,13,15)(H,16,17)/b10-8-. The number of carboxylic acid groups (broad SMARTS) is 1. The quantitative estimate of drug-likeness (QED) is 0.759. The van der Waals surface area contributed by atoms with E-state index < -0.39 is 11.9 Å². The Kier molecular flexibility index (Phi) is 4.28. The first kappa shape index (κ1) is 12.8. The van der Waals surface area contributed by atoms with Crippen LogP contribution >= 0.6 is 0 Å². The molecule has 0 saturated carbocycles. The lowest BCUT2D eigenvalue weighted by molar-refractivity contribution is -0.133. The van der Waals surface area contributed by atoms with E-state index >= 15 is 0 Å². The Hall–Kier alpha value is -2.30. The molecule has 17 heavy (non-hydrogen) atoms. The highest BCUT2D eigenvalue weighted by Crippen LogP contribution is 2.00. The van der Waals surface area contributed by atoms with Crippen LogP contribution in [0.2, 0.25) is 0 Å². The van der Waals surface area contributed by atoms with E-state index in [9.17, 15) is 9.59 Å². The Morgan fingerprint density at radius 2 is 1.82 bits per heavy atom. The van der Waals surface area contributed by atoms with Gasteiger partial charge < -0.3 is 15.3 Å². The number of nitrogens with zero attached hydrogens (tertiary/aromatic N) is 1. The molecule has 1 amide bonds. The molecule has 0 saturated heterocycles. The van der Waals surface area contributed by atoms with Crippen LogP contribution in [0.1, 0.15) is 10.4 Å². The SMILES string of the molecule is CN(C)/C=C(\NC(=O)c1ccccc1)C(=O)O. The number of nitrogens with one attached hydrogen (secondary N) is 1. The van der Waals surface area contributed by atoms with E-state index in [2.05, 4.69) is 5.32 Å². The van der Waals surface area contributed by atoms with Crippen LogP contribution in [0.4, 0.5) is 0 Å². The number of hydrogen-bond donors (Lipinski definition) is 2. The molecule has 0 aromatic heterocycles. The molecule has 0 heterocycles. The number of carbonyl (C=O) groups excluding carboxylic acids is 1.